The minimum atomic E-state index is -0.846. The van der Waals surface area contributed by atoms with E-state index in [0.29, 0.717) is 57.9 Å². The van der Waals surface area contributed by atoms with Crippen LogP contribution in [0.3, 0.4) is 0 Å². The lowest BCUT2D eigenvalue weighted by atomic mass is 10.1. The molecule has 0 spiro atoms. The number of carboxylic acids is 1. The minimum Gasteiger partial charge on any atom is -0.481 e. The first kappa shape index (κ1) is 23.3. The molecule has 1 aliphatic heterocycles. The Labute approximate surface area is 189 Å². The number of aliphatic carboxylic acids is 1. The molecule has 0 radical (unpaired) electrons. The number of esters is 1. The van der Waals surface area contributed by atoms with E-state index in [1.54, 1.807) is 13.0 Å². The molecule has 1 aromatic heterocycles. The van der Waals surface area contributed by atoms with E-state index < -0.39 is 11.9 Å². The smallest absolute Gasteiger partial charge is 0.342 e. The standard InChI is InChI=1S/C21H25ClN2O6S/c1-3-7-24-15(9-13-10-16-17(11-14(13)22)30-12-29-16)19(21(27)28-4-2)20(23-24)31-8-5-6-18(25)26/h10-11H,3-9,12H2,1-2H3,(H,25,26). The Balaban J connectivity index is 1.96. The number of halogens is 1. The summed E-state index contributed by atoms with van der Waals surface area (Å²) in [4.78, 5) is 23.6. The zero-order valence-electron chi connectivity index (χ0n) is 17.5. The van der Waals surface area contributed by atoms with Gasteiger partial charge in [0, 0.05) is 36.2 Å². The lowest BCUT2D eigenvalue weighted by Gasteiger charge is -2.11. The van der Waals surface area contributed by atoms with E-state index in [0.717, 1.165) is 12.0 Å². The molecule has 0 unspecified atom stereocenters. The van der Waals surface area contributed by atoms with Crippen molar-refractivity contribution in [1.29, 1.82) is 0 Å². The Bertz CT molecular complexity index is 962. The number of benzene rings is 1. The lowest BCUT2D eigenvalue weighted by Crippen LogP contribution is -2.12. The molecule has 168 valence electrons. The van der Waals surface area contributed by atoms with E-state index >= 15 is 0 Å². The molecule has 2 heterocycles. The zero-order chi connectivity index (χ0) is 22.4. The number of fused-ring (bicyclic) bond motifs is 1. The molecule has 1 aromatic carbocycles. The van der Waals surface area contributed by atoms with Gasteiger partial charge in [-0.2, -0.15) is 5.10 Å². The summed E-state index contributed by atoms with van der Waals surface area (Å²) >= 11 is 7.84. The number of aromatic nitrogens is 2. The van der Waals surface area contributed by atoms with Crippen LogP contribution >= 0.6 is 23.4 Å². The molecule has 0 bridgehead atoms. The van der Waals surface area contributed by atoms with Crippen molar-refractivity contribution in [1.82, 2.24) is 9.78 Å². The van der Waals surface area contributed by atoms with Crippen molar-refractivity contribution in [3.63, 3.8) is 0 Å². The largest absolute Gasteiger partial charge is 0.481 e. The second-order valence-corrected chi connectivity index (χ2v) is 8.38. The van der Waals surface area contributed by atoms with Crippen molar-refractivity contribution in [3.05, 3.63) is 34.0 Å². The Morgan fingerprint density at radius 2 is 2.03 bits per heavy atom. The van der Waals surface area contributed by atoms with E-state index in [4.69, 9.17) is 30.9 Å². The number of carbonyl (C=O) groups is 2. The highest BCUT2D eigenvalue weighted by Gasteiger charge is 2.27. The van der Waals surface area contributed by atoms with Crippen molar-refractivity contribution >= 4 is 35.3 Å². The molecule has 0 fully saturated rings. The fourth-order valence-corrected chi connectivity index (χ4v) is 4.43. The molecule has 0 aliphatic carbocycles. The summed E-state index contributed by atoms with van der Waals surface area (Å²) in [6.07, 6.45) is 1.74. The van der Waals surface area contributed by atoms with E-state index in [1.807, 2.05) is 17.7 Å². The molecule has 0 amide bonds. The number of hydrogen-bond donors (Lipinski definition) is 1. The molecule has 2 aromatic rings. The third kappa shape index (κ3) is 5.65. The van der Waals surface area contributed by atoms with Crippen LogP contribution in [0.5, 0.6) is 11.5 Å². The second-order valence-electron chi connectivity index (χ2n) is 6.89. The van der Waals surface area contributed by atoms with Gasteiger partial charge in [0.2, 0.25) is 6.79 Å². The van der Waals surface area contributed by atoms with Crippen LogP contribution in [0.4, 0.5) is 0 Å². The van der Waals surface area contributed by atoms with Crippen molar-refractivity contribution in [2.45, 2.75) is 51.1 Å². The van der Waals surface area contributed by atoms with Crippen LogP contribution in [0.15, 0.2) is 17.2 Å². The van der Waals surface area contributed by atoms with Gasteiger partial charge in [0.1, 0.15) is 10.6 Å². The van der Waals surface area contributed by atoms with Crippen molar-refractivity contribution in [2.24, 2.45) is 0 Å². The summed E-state index contributed by atoms with van der Waals surface area (Å²) in [7, 11) is 0. The number of aryl methyl sites for hydroxylation is 1. The Kier molecular flexibility index (Phi) is 8.09. The SMILES string of the molecule is CCCn1nc(SCCCC(=O)O)c(C(=O)OCC)c1Cc1cc2c(cc1Cl)OCO2. The normalized spacial score (nSPS) is 12.2. The lowest BCUT2D eigenvalue weighted by molar-refractivity contribution is -0.137. The van der Waals surface area contributed by atoms with Crippen molar-refractivity contribution in [3.8, 4) is 11.5 Å². The van der Waals surface area contributed by atoms with E-state index in [-0.39, 0.29) is 19.8 Å². The van der Waals surface area contributed by atoms with Gasteiger partial charge in [-0.3, -0.25) is 9.48 Å². The average molecular weight is 469 g/mol. The predicted octanol–water partition coefficient (Wildman–Crippen LogP) is 4.40. The van der Waals surface area contributed by atoms with Crippen LogP contribution < -0.4 is 9.47 Å². The van der Waals surface area contributed by atoms with Gasteiger partial charge in [-0.15, -0.1) is 11.8 Å². The second kappa shape index (κ2) is 10.8. The first-order valence-electron chi connectivity index (χ1n) is 10.1. The molecule has 3 rings (SSSR count). The maximum atomic E-state index is 12.8. The molecule has 1 N–H and O–H groups in total. The highest BCUT2D eigenvalue weighted by atomic mass is 35.5. The number of rotatable bonds is 11. The summed E-state index contributed by atoms with van der Waals surface area (Å²) < 4.78 is 18.0. The van der Waals surface area contributed by atoms with Gasteiger partial charge in [0.05, 0.1) is 12.3 Å². The average Bonchev–Trinajstić information content (AvgIpc) is 3.30. The number of hydrogen-bond acceptors (Lipinski definition) is 7. The number of nitrogens with zero attached hydrogens (tertiary/aromatic N) is 2. The van der Waals surface area contributed by atoms with Crippen LogP contribution in [-0.4, -0.2) is 46.0 Å². The van der Waals surface area contributed by atoms with Gasteiger partial charge in [-0.25, -0.2) is 4.79 Å². The van der Waals surface area contributed by atoms with E-state index in [9.17, 15) is 9.59 Å². The summed E-state index contributed by atoms with van der Waals surface area (Å²) in [5.74, 6) is 0.447. The number of thioether (sulfide) groups is 1. The first-order valence-corrected chi connectivity index (χ1v) is 11.5. The third-order valence-corrected chi connectivity index (χ3v) is 6.02. The molecule has 10 heteroatoms. The zero-order valence-corrected chi connectivity index (χ0v) is 19.1. The summed E-state index contributed by atoms with van der Waals surface area (Å²) in [5.41, 5.74) is 1.90. The van der Waals surface area contributed by atoms with Gasteiger partial charge in [-0.05, 0) is 31.4 Å². The Hall–Kier alpha value is -2.39. The molecule has 0 saturated heterocycles. The van der Waals surface area contributed by atoms with Crippen LogP contribution in [0.2, 0.25) is 5.02 Å². The van der Waals surface area contributed by atoms with E-state index in [1.165, 1.54) is 11.8 Å². The summed E-state index contributed by atoms with van der Waals surface area (Å²) in [5, 5.41) is 14.6. The predicted molar refractivity (Wildman–Crippen MR) is 116 cm³/mol. The number of carboxylic acid groups (broad SMARTS) is 1. The van der Waals surface area contributed by atoms with Gasteiger partial charge in [-0.1, -0.05) is 18.5 Å². The molecule has 8 nitrogen and oxygen atoms in total. The van der Waals surface area contributed by atoms with Gasteiger partial charge in [0.15, 0.2) is 11.5 Å². The first-order chi connectivity index (χ1) is 14.9. The monoisotopic (exact) mass is 468 g/mol. The fraction of sp³-hybridized carbons (Fsp3) is 0.476. The number of ether oxygens (including phenoxy) is 3. The minimum absolute atomic E-state index is 0.0665. The maximum absolute atomic E-state index is 12.8. The number of carbonyl (C=O) groups excluding carboxylic acids is 1. The third-order valence-electron chi connectivity index (χ3n) is 4.61. The fourth-order valence-electron chi connectivity index (χ4n) is 3.23. The summed E-state index contributed by atoms with van der Waals surface area (Å²) in [6, 6.07) is 3.54. The van der Waals surface area contributed by atoms with Crippen LogP contribution in [0, 0.1) is 0 Å². The quantitative estimate of drug-likeness (QED) is 0.294. The van der Waals surface area contributed by atoms with Gasteiger partial charge in [0.25, 0.3) is 0 Å². The Morgan fingerprint density at radius 1 is 1.29 bits per heavy atom. The van der Waals surface area contributed by atoms with Gasteiger partial charge >= 0.3 is 11.9 Å². The molecule has 1 aliphatic rings. The van der Waals surface area contributed by atoms with Crippen LogP contribution in [0.25, 0.3) is 0 Å². The van der Waals surface area contributed by atoms with Crippen molar-refractivity contribution < 1.29 is 28.9 Å². The highest BCUT2D eigenvalue weighted by molar-refractivity contribution is 7.99. The van der Waals surface area contributed by atoms with Crippen LogP contribution in [-0.2, 0) is 22.5 Å². The molecular formula is C21H25ClN2O6S. The highest BCUT2D eigenvalue weighted by Crippen LogP contribution is 2.38. The maximum Gasteiger partial charge on any atom is 0.342 e. The molecular weight excluding hydrogens is 444 g/mol. The van der Waals surface area contributed by atoms with Gasteiger partial charge < -0.3 is 19.3 Å². The Morgan fingerprint density at radius 3 is 2.71 bits per heavy atom. The molecule has 0 atom stereocenters. The summed E-state index contributed by atoms with van der Waals surface area (Å²) in [6.45, 7) is 4.80. The van der Waals surface area contributed by atoms with E-state index in [2.05, 4.69) is 5.10 Å². The topological polar surface area (TPSA) is 99.9 Å². The van der Waals surface area contributed by atoms with Crippen molar-refractivity contribution in [2.75, 3.05) is 19.2 Å². The van der Waals surface area contributed by atoms with Crippen LogP contribution in [0.1, 0.15) is 54.7 Å². The molecule has 31 heavy (non-hydrogen) atoms. The molecule has 0 saturated carbocycles.